The summed E-state index contributed by atoms with van der Waals surface area (Å²) >= 11 is 1.93. The molecule has 3 nitrogen and oxygen atoms in total. The van der Waals surface area contributed by atoms with Crippen LogP contribution in [0.3, 0.4) is 0 Å². The highest BCUT2D eigenvalue weighted by Crippen LogP contribution is 2.18. The van der Waals surface area contributed by atoms with Crippen molar-refractivity contribution in [2.24, 2.45) is 5.73 Å². The highest BCUT2D eigenvalue weighted by molar-refractivity contribution is 7.99. The summed E-state index contributed by atoms with van der Waals surface area (Å²) in [6.07, 6.45) is 2.83. The van der Waals surface area contributed by atoms with Gasteiger partial charge < -0.3 is 10.5 Å². The number of esters is 1. The maximum Gasteiger partial charge on any atom is 0.325 e. The molecule has 0 bridgehead atoms. The van der Waals surface area contributed by atoms with Gasteiger partial charge in [-0.3, -0.25) is 4.79 Å². The van der Waals surface area contributed by atoms with Gasteiger partial charge in [-0.25, -0.2) is 0 Å². The van der Waals surface area contributed by atoms with Gasteiger partial charge in [-0.1, -0.05) is 13.8 Å². The minimum Gasteiger partial charge on any atom is -0.465 e. The van der Waals surface area contributed by atoms with Crippen LogP contribution in [0.15, 0.2) is 0 Å². The summed E-state index contributed by atoms with van der Waals surface area (Å²) in [4.78, 5) is 11.5. The lowest BCUT2D eigenvalue weighted by molar-refractivity contribution is -0.149. The fourth-order valence-electron chi connectivity index (χ4n) is 1.24. The molecule has 0 amide bonds. The topological polar surface area (TPSA) is 52.3 Å². The standard InChI is InChI=1S/C12H25NO2S/c1-5-10(3)16-9-7-8-12(4,13)11(14)15-6-2/h10H,5-9,13H2,1-4H3. The van der Waals surface area contributed by atoms with Gasteiger partial charge in [0.25, 0.3) is 0 Å². The second-order valence-corrected chi connectivity index (χ2v) is 5.88. The van der Waals surface area contributed by atoms with E-state index >= 15 is 0 Å². The summed E-state index contributed by atoms with van der Waals surface area (Å²) in [7, 11) is 0. The van der Waals surface area contributed by atoms with Crippen molar-refractivity contribution in [3.05, 3.63) is 0 Å². The number of thioether (sulfide) groups is 1. The van der Waals surface area contributed by atoms with Crippen molar-refractivity contribution in [3.63, 3.8) is 0 Å². The summed E-state index contributed by atoms with van der Waals surface area (Å²) < 4.78 is 4.94. The average molecular weight is 247 g/mol. The van der Waals surface area contributed by atoms with Crippen molar-refractivity contribution in [1.29, 1.82) is 0 Å². The maximum absolute atomic E-state index is 11.5. The minimum absolute atomic E-state index is 0.288. The van der Waals surface area contributed by atoms with Crippen LogP contribution in [0, 0.1) is 0 Å². The van der Waals surface area contributed by atoms with E-state index < -0.39 is 5.54 Å². The molecule has 0 saturated carbocycles. The summed E-state index contributed by atoms with van der Waals surface area (Å²) in [6.45, 7) is 8.35. The SMILES string of the molecule is CCOC(=O)C(C)(N)CCCSC(C)CC. The van der Waals surface area contributed by atoms with Crippen LogP contribution in [0.25, 0.3) is 0 Å². The smallest absolute Gasteiger partial charge is 0.325 e. The van der Waals surface area contributed by atoms with E-state index in [4.69, 9.17) is 10.5 Å². The van der Waals surface area contributed by atoms with Gasteiger partial charge in [-0.15, -0.1) is 0 Å². The van der Waals surface area contributed by atoms with Crippen LogP contribution < -0.4 is 5.73 Å². The molecule has 0 aromatic rings. The van der Waals surface area contributed by atoms with Gasteiger partial charge in [-0.2, -0.15) is 11.8 Å². The van der Waals surface area contributed by atoms with Gasteiger partial charge in [0, 0.05) is 5.25 Å². The van der Waals surface area contributed by atoms with Crippen LogP contribution in [-0.2, 0) is 9.53 Å². The number of rotatable bonds is 8. The van der Waals surface area contributed by atoms with Gasteiger partial charge >= 0.3 is 5.97 Å². The lowest BCUT2D eigenvalue weighted by Gasteiger charge is -2.22. The lowest BCUT2D eigenvalue weighted by Crippen LogP contribution is -2.46. The van der Waals surface area contributed by atoms with Crippen molar-refractivity contribution in [3.8, 4) is 0 Å². The third kappa shape index (κ3) is 6.38. The second-order valence-electron chi connectivity index (χ2n) is 4.33. The highest BCUT2D eigenvalue weighted by Gasteiger charge is 2.29. The molecule has 0 aliphatic carbocycles. The zero-order chi connectivity index (χ0) is 12.6. The van der Waals surface area contributed by atoms with Crippen LogP contribution in [0.5, 0.6) is 0 Å². The van der Waals surface area contributed by atoms with Gasteiger partial charge in [0.05, 0.1) is 6.61 Å². The number of ether oxygens (including phenoxy) is 1. The molecule has 0 aliphatic rings. The number of carbonyl (C=O) groups is 1. The fourth-order valence-corrected chi connectivity index (χ4v) is 2.19. The van der Waals surface area contributed by atoms with E-state index in [1.54, 1.807) is 13.8 Å². The van der Waals surface area contributed by atoms with Crippen molar-refractivity contribution in [2.45, 2.75) is 57.7 Å². The monoisotopic (exact) mass is 247 g/mol. The molecule has 0 aliphatic heterocycles. The van der Waals surface area contributed by atoms with Crippen LogP contribution in [0.1, 0.15) is 47.0 Å². The Morgan fingerprint density at radius 1 is 1.50 bits per heavy atom. The Labute approximate surface area is 103 Å². The summed E-state index contributed by atoms with van der Waals surface area (Å²) in [5.74, 6) is 0.768. The molecule has 0 spiro atoms. The van der Waals surface area contributed by atoms with Gasteiger partial charge in [0.1, 0.15) is 5.54 Å². The zero-order valence-electron chi connectivity index (χ0n) is 10.9. The largest absolute Gasteiger partial charge is 0.465 e. The molecule has 2 atom stereocenters. The third-order valence-corrected chi connectivity index (χ3v) is 3.99. The van der Waals surface area contributed by atoms with Crippen LogP contribution >= 0.6 is 11.8 Å². The summed E-state index contributed by atoms with van der Waals surface area (Å²) in [6, 6.07) is 0. The Hall–Kier alpha value is -0.220. The molecule has 96 valence electrons. The quantitative estimate of drug-likeness (QED) is 0.529. The Balaban J connectivity index is 3.77. The van der Waals surface area contributed by atoms with Crippen LogP contribution in [-0.4, -0.2) is 29.1 Å². The minimum atomic E-state index is -0.827. The molecule has 0 rings (SSSR count). The van der Waals surface area contributed by atoms with Gasteiger partial charge in [0.15, 0.2) is 0 Å². The first-order valence-electron chi connectivity index (χ1n) is 6.01. The predicted molar refractivity (Wildman–Crippen MR) is 70.7 cm³/mol. The molecule has 2 unspecified atom stereocenters. The molecule has 0 radical (unpaired) electrons. The highest BCUT2D eigenvalue weighted by atomic mass is 32.2. The fraction of sp³-hybridized carbons (Fsp3) is 0.917. The predicted octanol–water partition coefficient (Wildman–Crippen LogP) is 2.58. The van der Waals surface area contributed by atoms with E-state index in [0.29, 0.717) is 18.3 Å². The van der Waals surface area contributed by atoms with E-state index in [-0.39, 0.29) is 5.97 Å². The van der Waals surface area contributed by atoms with Crippen molar-refractivity contribution in [1.82, 2.24) is 0 Å². The Kier molecular flexibility index (Phi) is 7.85. The van der Waals surface area contributed by atoms with Gasteiger partial charge in [0.2, 0.25) is 0 Å². The molecular formula is C12H25NO2S. The molecule has 4 heteroatoms. The molecule has 2 N–H and O–H groups in total. The Morgan fingerprint density at radius 3 is 2.62 bits per heavy atom. The molecule has 0 fully saturated rings. The van der Waals surface area contributed by atoms with E-state index in [9.17, 15) is 4.79 Å². The Morgan fingerprint density at radius 2 is 2.12 bits per heavy atom. The van der Waals surface area contributed by atoms with Crippen molar-refractivity contribution >= 4 is 17.7 Å². The van der Waals surface area contributed by atoms with E-state index in [2.05, 4.69) is 13.8 Å². The first kappa shape index (κ1) is 15.8. The van der Waals surface area contributed by atoms with Crippen molar-refractivity contribution < 1.29 is 9.53 Å². The lowest BCUT2D eigenvalue weighted by atomic mass is 9.98. The second kappa shape index (κ2) is 7.96. The Bertz CT molecular complexity index is 207. The van der Waals surface area contributed by atoms with E-state index in [1.807, 2.05) is 11.8 Å². The third-order valence-electron chi connectivity index (χ3n) is 2.56. The first-order valence-corrected chi connectivity index (χ1v) is 7.06. The molecule has 16 heavy (non-hydrogen) atoms. The van der Waals surface area contributed by atoms with E-state index in [0.717, 1.165) is 12.2 Å². The molecular weight excluding hydrogens is 222 g/mol. The molecule has 0 heterocycles. The number of hydrogen-bond acceptors (Lipinski definition) is 4. The number of hydrogen-bond donors (Lipinski definition) is 1. The average Bonchev–Trinajstić information content (AvgIpc) is 2.24. The van der Waals surface area contributed by atoms with Crippen molar-refractivity contribution in [2.75, 3.05) is 12.4 Å². The van der Waals surface area contributed by atoms with Crippen LogP contribution in [0.4, 0.5) is 0 Å². The van der Waals surface area contributed by atoms with E-state index in [1.165, 1.54) is 6.42 Å². The normalized spacial score (nSPS) is 16.6. The van der Waals surface area contributed by atoms with Gasteiger partial charge in [-0.05, 0) is 38.9 Å². The molecule has 0 aromatic heterocycles. The first-order chi connectivity index (χ1) is 7.44. The maximum atomic E-state index is 11.5. The summed E-state index contributed by atoms with van der Waals surface area (Å²) in [5.41, 5.74) is 5.08. The summed E-state index contributed by atoms with van der Waals surface area (Å²) in [5, 5.41) is 0.687. The van der Waals surface area contributed by atoms with Crippen LogP contribution in [0.2, 0.25) is 0 Å². The molecule has 0 aromatic carbocycles. The molecule has 0 saturated heterocycles. The zero-order valence-corrected chi connectivity index (χ0v) is 11.7. The number of carbonyl (C=O) groups excluding carboxylic acids is 1. The number of nitrogens with two attached hydrogens (primary N) is 1.